The van der Waals surface area contributed by atoms with Crippen molar-refractivity contribution >= 4 is 0 Å². The van der Waals surface area contributed by atoms with Crippen molar-refractivity contribution in [3.63, 3.8) is 0 Å². The number of nitrogens with one attached hydrogen (secondary N) is 1. The minimum Gasteiger partial charge on any atom is -0.290 e. The van der Waals surface area contributed by atoms with Crippen LogP contribution in [0.1, 0.15) is 36.6 Å². The van der Waals surface area contributed by atoms with Crippen LogP contribution in [0.5, 0.6) is 0 Å². The second-order valence-electron chi connectivity index (χ2n) is 7.07. The third-order valence-corrected chi connectivity index (χ3v) is 4.97. The standard InChI is InChI=1S/C24H24N2/c1-24(2,21-16-10-5-11-17-21)22(18-25)26-23(19-12-6-3-7-13-19)20-14-8-4-9-15-20/h3-17,22-23,26H,1-2H3. The third kappa shape index (κ3) is 3.85. The lowest BCUT2D eigenvalue weighted by Gasteiger charge is -2.34. The van der Waals surface area contributed by atoms with Gasteiger partial charge in [0.1, 0.15) is 6.04 Å². The van der Waals surface area contributed by atoms with Crippen LogP contribution in [-0.2, 0) is 5.41 Å². The molecule has 0 fully saturated rings. The quantitative estimate of drug-likeness (QED) is 0.666. The highest BCUT2D eigenvalue weighted by molar-refractivity contribution is 5.34. The predicted octanol–water partition coefficient (Wildman–Crippen LogP) is 5.24. The fraction of sp³-hybridized carbons (Fsp3) is 0.208. The Bertz CT molecular complexity index is 809. The molecule has 0 aromatic heterocycles. The molecule has 0 bridgehead atoms. The van der Waals surface area contributed by atoms with Gasteiger partial charge < -0.3 is 0 Å². The Balaban J connectivity index is 1.96. The van der Waals surface area contributed by atoms with Gasteiger partial charge >= 0.3 is 0 Å². The van der Waals surface area contributed by atoms with Gasteiger partial charge in [0.25, 0.3) is 0 Å². The molecule has 1 atom stereocenters. The van der Waals surface area contributed by atoms with Crippen molar-refractivity contribution in [3.8, 4) is 6.07 Å². The summed E-state index contributed by atoms with van der Waals surface area (Å²) in [7, 11) is 0. The highest BCUT2D eigenvalue weighted by atomic mass is 15.0. The second kappa shape index (κ2) is 7.99. The van der Waals surface area contributed by atoms with E-state index in [1.165, 1.54) is 0 Å². The molecule has 1 unspecified atom stereocenters. The molecule has 130 valence electrons. The first-order valence-electron chi connectivity index (χ1n) is 8.94. The highest BCUT2D eigenvalue weighted by Crippen LogP contribution is 2.30. The first-order valence-corrected chi connectivity index (χ1v) is 8.94. The molecule has 2 nitrogen and oxygen atoms in total. The van der Waals surface area contributed by atoms with E-state index in [-0.39, 0.29) is 17.5 Å². The van der Waals surface area contributed by atoms with Crippen molar-refractivity contribution in [1.29, 1.82) is 5.26 Å². The summed E-state index contributed by atoms with van der Waals surface area (Å²) < 4.78 is 0. The molecule has 0 amide bonds. The Labute approximate surface area is 156 Å². The summed E-state index contributed by atoms with van der Waals surface area (Å²) in [4.78, 5) is 0. The van der Waals surface area contributed by atoms with Gasteiger partial charge in [0.15, 0.2) is 0 Å². The molecule has 3 aromatic rings. The minimum absolute atomic E-state index is 0.0370. The van der Waals surface area contributed by atoms with Crippen molar-refractivity contribution in [3.05, 3.63) is 108 Å². The highest BCUT2D eigenvalue weighted by Gasteiger charge is 2.33. The fourth-order valence-electron chi connectivity index (χ4n) is 3.28. The molecule has 26 heavy (non-hydrogen) atoms. The SMILES string of the molecule is CC(C)(c1ccccc1)C(C#N)NC(c1ccccc1)c1ccccc1. The van der Waals surface area contributed by atoms with E-state index in [2.05, 4.69) is 61.6 Å². The van der Waals surface area contributed by atoms with Gasteiger partial charge in [-0.2, -0.15) is 5.26 Å². The summed E-state index contributed by atoms with van der Waals surface area (Å²) in [6.07, 6.45) is 0. The molecule has 0 aliphatic carbocycles. The Hall–Kier alpha value is -2.89. The molecule has 3 rings (SSSR count). The van der Waals surface area contributed by atoms with Crippen LogP contribution < -0.4 is 5.32 Å². The zero-order chi connectivity index (χ0) is 18.4. The third-order valence-electron chi connectivity index (χ3n) is 4.97. The van der Waals surface area contributed by atoms with Crippen LogP contribution in [0.2, 0.25) is 0 Å². The number of hydrogen-bond acceptors (Lipinski definition) is 2. The summed E-state index contributed by atoms with van der Waals surface area (Å²) in [5.74, 6) is 0. The monoisotopic (exact) mass is 340 g/mol. The van der Waals surface area contributed by atoms with Crippen molar-refractivity contribution in [1.82, 2.24) is 5.32 Å². The average molecular weight is 340 g/mol. The van der Waals surface area contributed by atoms with Gasteiger partial charge in [-0.15, -0.1) is 0 Å². The van der Waals surface area contributed by atoms with E-state index in [0.717, 1.165) is 16.7 Å². The second-order valence-corrected chi connectivity index (χ2v) is 7.07. The maximum atomic E-state index is 9.95. The van der Waals surface area contributed by atoms with E-state index in [4.69, 9.17) is 0 Å². The van der Waals surface area contributed by atoms with E-state index in [9.17, 15) is 5.26 Å². The minimum atomic E-state index is -0.338. The first kappa shape index (κ1) is 17.9. The number of benzene rings is 3. The van der Waals surface area contributed by atoms with E-state index in [0.29, 0.717) is 0 Å². The Kier molecular flexibility index (Phi) is 5.51. The van der Waals surface area contributed by atoms with Gasteiger partial charge in [0.05, 0.1) is 12.1 Å². The van der Waals surface area contributed by atoms with Gasteiger partial charge in [0.2, 0.25) is 0 Å². The molecule has 0 heterocycles. The maximum absolute atomic E-state index is 9.95. The van der Waals surface area contributed by atoms with Gasteiger partial charge in [-0.3, -0.25) is 5.32 Å². The Morgan fingerprint density at radius 2 is 1.15 bits per heavy atom. The molecule has 3 aromatic carbocycles. The van der Waals surface area contributed by atoms with Crippen LogP contribution in [0.15, 0.2) is 91.0 Å². The number of nitrogens with zero attached hydrogens (tertiary/aromatic N) is 1. The largest absolute Gasteiger partial charge is 0.290 e. The fourth-order valence-corrected chi connectivity index (χ4v) is 3.28. The summed E-state index contributed by atoms with van der Waals surface area (Å²) in [5, 5.41) is 13.6. The zero-order valence-electron chi connectivity index (χ0n) is 15.3. The molecule has 0 aliphatic rings. The van der Waals surface area contributed by atoms with Crippen molar-refractivity contribution in [2.45, 2.75) is 31.3 Å². The molecular formula is C24H24N2. The molecule has 2 heteroatoms. The smallest absolute Gasteiger partial charge is 0.105 e. The number of nitriles is 1. The number of hydrogen-bond donors (Lipinski definition) is 1. The lowest BCUT2D eigenvalue weighted by atomic mass is 9.77. The van der Waals surface area contributed by atoms with Gasteiger partial charge in [-0.05, 0) is 16.7 Å². The first-order chi connectivity index (χ1) is 12.6. The van der Waals surface area contributed by atoms with E-state index < -0.39 is 0 Å². The molecule has 1 N–H and O–H groups in total. The normalized spacial score (nSPS) is 12.5. The van der Waals surface area contributed by atoms with Crippen LogP contribution in [0.25, 0.3) is 0 Å². The van der Waals surface area contributed by atoms with E-state index >= 15 is 0 Å². The van der Waals surface area contributed by atoms with Crippen LogP contribution in [0.4, 0.5) is 0 Å². The predicted molar refractivity (Wildman–Crippen MR) is 107 cm³/mol. The summed E-state index contributed by atoms with van der Waals surface area (Å²) >= 11 is 0. The maximum Gasteiger partial charge on any atom is 0.105 e. The Morgan fingerprint density at radius 1 is 0.731 bits per heavy atom. The lowest BCUT2D eigenvalue weighted by Crippen LogP contribution is -2.45. The molecule has 0 saturated heterocycles. The molecule has 0 spiro atoms. The van der Waals surface area contributed by atoms with Crippen LogP contribution in [-0.4, -0.2) is 6.04 Å². The van der Waals surface area contributed by atoms with E-state index in [1.807, 2.05) is 54.6 Å². The van der Waals surface area contributed by atoms with Gasteiger partial charge in [-0.1, -0.05) is 105 Å². The van der Waals surface area contributed by atoms with Gasteiger partial charge in [0, 0.05) is 5.41 Å². The lowest BCUT2D eigenvalue weighted by molar-refractivity contribution is 0.380. The van der Waals surface area contributed by atoms with Crippen molar-refractivity contribution < 1.29 is 0 Å². The molecule has 0 aliphatic heterocycles. The molecule has 0 saturated carbocycles. The van der Waals surface area contributed by atoms with Crippen molar-refractivity contribution in [2.75, 3.05) is 0 Å². The average Bonchev–Trinajstić information content (AvgIpc) is 2.70. The van der Waals surface area contributed by atoms with Crippen LogP contribution in [0.3, 0.4) is 0 Å². The number of rotatable bonds is 6. The van der Waals surface area contributed by atoms with Gasteiger partial charge in [-0.25, -0.2) is 0 Å². The topological polar surface area (TPSA) is 35.8 Å². The van der Waals surface area contributed by atoms with Crippen LogP contribution >= 0.6 is 0 Å². The Morgan fingerprint density at radius 3 is 1.58 bits per heavy atom. The summed E-state index contributed by atoms with van der Waals surface area (Å²) in [6.45, 7) is 4.24. The molecule has 0 radical (unpaired) electrons. The van der Waals surface area contributed by atoms with Crippen LogP contribution in [0, 0.1) is 11.3 Å². The van der Waals surface area contributed by atoms with Crippen molar-refractivity contribution in [2.24, 2.45) is 0 Å². The zero-order valence-corrected chi connectivity index (χ0v) is 15.3. The van der Waals surface area contributed by atoms with E-state index in [1.54, 1.807) is 0 Å². The summed E-state index contributed by atoms with van der Waals surface area (Å²) in [6, 6.07) is 33.0. The summed E-state index contributed by atoms with van der Waals surface area (Å²) in [5.41, 5.74) is 3.14. The molecular weight excluding hydrogens is 316 g/mol.